The van der Waals surface area contributed by atoms with Crippen molar-refractivity contribution in [3.05, 3.63) is 35.9 Å². The van der Waals surface area contributed by atoms with E-state index in [1.807, 2.05) is 25.1 Å². The smallest absolute Gasteiger partial charge is 0.489 e. The second-order valence-corrected chi connectivity index (χ2v) is 3.78. The fourth-order valence-electron chi connectivity index (χ4n) is 2.02. The Bertz CT molecular complexity index is 523. The van der Waals surface area contributed by atoms with E-state index in [-0.39, 0.29) is 5.75 Å². The van der Waals surface area contributed by atoms with Crippen molar-refractivity contribution >= 4 is 23.4 Å². The van der Waals surface area contributed by atoms with Gasteiger partial charge in [0.1, 0.15) is 5.75 Å². The lowest BCUT2D eigenvalue weighted by Crippen LogP contribution is -2.31. The summed E-state index contributed by atoms with van der Waals surface area (Å²) >= 11 is 0. The Morgan fingerprint density at radius 2 is 1.94 bits per heavy atom. The number of benzene rings is 2. The van der Waals surface area contributed by atoms with Gasteiger partial charge in [0.25, 0.3) is 0 Å². The van der Waals surface area contributed by atoms with Gasteiger partial charge in [-0.25, -0.2) is 0 Å². The predicted octanol–water partition coefficient (Wildman–Crippen LogP) is 0.788. The number of aromatic hydroxyl groups is 1. The first-order chi connectivity index (χ1) is 7.63. The van der Waals surface area contributed by atoms with Crippen LogP contribution in [-0.2, 0) is 6.42 Å². The minimum Gasteiger partial charge on any atom is -0.508 e. The third-order valence-electron chi connectivity index (χ3n) is 2.74. The van der Waals surface area contributed by atoms with Crippen LogP contribution in [-0.4, -0.2) is 22.3 Å². The summed E-state index contributed by atoms with van der Waals surface area (Å²) in [5.41, 5.74) is 1.40. The molecule has 3 N–H and O–H groups in total. The van der Waals surface area contributed by atoms with E-state index < -0.39 is 7.12 Å². The Kier molecular flexibility index (Phi) is 2.85. The van der Waals surface area contributed by atoms with Crippen molar-refractivity contribution in [3.8, 4) is 5.75 Å². The molecule has 0 aliphatic rings. The molecular formula is C12H13BO3. The van der Waals surface area contributed by atoms with Crippen LogP contribution in [0, 0.1) is 0 Å². The molecule has 0 atom stereocenters. The molecule has 0 aliphatic carbocycles. The quantitative estimate of drug-likeness (QED) is 0.650. The second-order valence-electron chi connectivity index (χ2n) is 3.78. The lowest BCUT2D eigenvalue weighted by molar-refractivity contribution is 0.425. The van der Waals surface area contributed by atoms with Gasteiger partial charge in [0.15, 0.2) is 0 Å². The molecule has 0 saturated carbocycles. The number of aryl methyl sites for hydroxylation is 1. The summed E-state index contributed by atoms with van der Waals surface area (Å²) in [4.78, 5) is 0. The molecule has 3 nitrogen and oxygen atoms in total. The second kappa shape index (κ2) is 4.16. The van der Waals surface area contributed by atoms with E-state index in [0.29, 0.717) is 5.46 Å². The number of fused-ring (bicyclic) bond motifs is 1. The standard InChI is InChI=1S/C12H13BO3/c1-2-8-4-3-5-9-6-10(14)7-11(12(8)9)13(15)16/h3-7,14-16H,2H2,1H3. The summed E-state index contributed by atoms with van der Waals surface area (Å²) in [5.74, 6) is 0.0452. The van der Waals surface area contributed by atoms with Gasteiger partial charge in [0.05, 0.1) is 0 Å². The van der Waals surface area contributed by atoms with Crippen molar-refractivity contribution in [3.63, 3.8) is 0 Å². The van der Waals surface area contributed by atoms with E-state index in [2.05, 4.69) is 0 Å². The number of phenols is 1. The van der Waals surface area contributed by atoms with Gasteiger partial charge in [-0.3, -0.25) is 0 Å². The maximum atomic E-state index is 9.50. The summed E-state index contributed by atoms with van der Waals surface area (Å²) < 4.78 is 0. The maximum Gasteiger partial charge on any atom is 0.489 e. The van der Waals surface area contributed by atoms with Crippen LogP contribution >= 0.6 is 0 Å². The van der Waals surface area contributed by atoms with Crippen LogP contribution in [0.15, 0.2) is 30.3 Å². The van der Waals surface area contributed by atoms with Crippen molar-refractivity contribution in [2.75, 3.05) is 0 Å². The molecule has 0 aliphatic heterocycles. The highest BCUT2D eigenvalue weighted by atomic mass is 16.4. The minimum atomic E-state index is -1.57. The molecule has 4 heteroatoms. The molecule has 82 valence electrons. The van der Waals surface area contributed by atoms with Crippen LogP contribution in [0.4, 0.5) is 0 Å². The van der Waals surface area contributed by atoms with Crippen LogP contribution in [0.1, 0.15) is 12.5 Å². The van der Waals surface area contributed by atoms with Crippen LogP contribution in [0.2, 0.25) is 0 Å². The van der Waals surface area contributed by atoms with Gasteiger partial charge >= 0.3 is 7.12 Å². The van der Waals surface area contributed by atoms with Crippen molar-refractivity contribution < 1.29 is 15.2 Å². The van der Waals surface area contributed by atoms with Crippen molar-refractivity contribution in [2.45, 2.75) is 13.3 Å². The minimum absolute atomic E-state index is 0.0452. The fraction of sp³-hybridized carbons (Fsp3) is 0.167. The first kappa shape index (κ1) is 11.0. The monoisotopic (exact) mass is 216 g/mol. The van der Waals surface area contributed by atoms with E-state index in [1.165, 1.54) is 6.07 Å². The van der Waals surface area contributed by atoms with E-state index in [1.54, 1.807) is 6.07 Å². The van der Waals surface area contributed by atoms with E-state index in [9.17, 15) is 15.2 Å². The predicted molar refractivity (Wildman–Crippen MR) is 64.8 cm³/mol. The molecule has 0 aromatic heterocycles. The summed E-state index contributed by atoms with van der Waals surface area (Å²) in [6.45, 7) is 2.01. The lowest BCUT2D eigenvalue weighted by Gasteiger charge is -2.10. The van der Waals surface area contributed by atoms with Gasteiger partial charge in [0.2, 0.25) is 0 Å². The van der Waals surface area contributed by atoms with Crippen LogP contribution < -0.4 is 5.46 Å². The van der Waals surface area contributed by atoms with Gasteiger partial charge in [-0.1, -0.05) is 25.1 Å². The van der Waals surface area contributed by atoms with Gasteiger partial charge in [-0.15, -0.1) is 0 Å². The van der Waals surface area contributed by atoms with E-state index in [0.717, 1.165) is 22.8 Å². The molecule has 0 bridgehead atoms. The molecule has 0 unspecified atom stereocenters. The zero-order chi connectivity index (χ0) is 11.7. The topological polar surface area (TPSA) is 60.7 Å². The summed E-state index contributed by atoms with van der Waals surface area (Å²) in [5, 5.41) is 29.8. The molecular weight excluding hydrogens is 203 g/mol. The van der Waals surface area contributed by atoms with Gasteiger partial charge in [-0.2, -0.15) is 0 Å². The lowest BCUT2D eigenvalue weighted by atomic mass is 9.75. The Labute approximate surface area is 94.1 Å². The Morgan fingerprint density at radius 3 is 2.56 bits per heavy atom. The summed E-state index contributed by atoms with van der Waals surface area (Å²) in [6, 6.07) is 8.71. The normalized spacial score (nSPS) is 10.7. The molecule has 0 heterocycles. The zero-order valence-electron chi connectivity index (χ0n) is 9.01. The molecule has 0 radical (unpaired) electrons. The molecule has 0 fully saturated rings. The Balaban J connectivity index is 2.85. The number of hydrogen-bond donors (Lipinski definition) is 3. The molecule has 2 aromatic rings. The van der Waals surface area contributed by atoms with Crippen LogP contribution in [0.25, 0.3) is 10.8 Å². The third kappa shape index (κ3) is 1.77. The molecule has 16 heavy (non-hydrogen) atoms. The van der Waals surface area contributed by atoms with Gasteiger partial charge < -0.3 is 15.2 Å². The van der Waals surface area contributed by atoms with Crippen molar-refractivity contribution in [2.24, 2.45) is 0 Å². The van der Waals surface area contributed by atoms with Crippen LogP contribution in [0.5, 0.6) is 5.75 Å². The average Bonchev–Trinajstić information content (AvgIpc) is 2.26. The van der Waals surface area contributed by atoms with E-state index >= 15 is 0 Å². The Morgan fingerprint density at radius 1 is 1.19 bits per heavy atom. The Hall–Kier alpha value is -1.52. The fourth-order valence-corrected chi connectivity index (χ4v) is 2.02. The molecule has 0 amide bonds. The molecule has 2 rings (SSSR count). The first-order valence-electron chi connectivity index (χ1n) is 5.24. The SMILES string of the molecule is CCc1cccc2cc(O)cc(B(O)O)c12. The molecule has 0 saturated heterocycles. The number of hydrogen-bond acceptors (Lipinski definition) is 3. The van der Waals surface area contributed by atoms with Gasteiger partial charge in [-0.05, 0) is 40.4 Å². The van der Waals surface area contributed by atoms with Crippen molar-refractivity contribution in [1.29, 1.82) is 0 Å². The molecule has 2 aromatic carbocycles. The zero-order valence-corrected chi connectivity index (χ0v) is 9.01. The maximum absolute atomic E-state index is 9.50. The number of rotatable bonds is 2. The summed E-state index contributed by atoms with van der Waals surface area (Å²) in [7, 11) is -1.57. The van der Waals surface area contributed by atoms with Crippen LogP contribution in [0.3, 0.4) is 0 Å². The van der Waals surface area contributed by atoms with Crippen molar-refractivity contribution in [1.82, 2.24) is 0 Å². The summed E-state index contributed by atoms with van der Waals surface area (Å²) in [6.07, 6.45) is 0.807. The molecule has 0 spiro atoms. The highest BCUT2D eigenvalue weighted by Crippen LogP contribution is 2.22. The highest BCUT2D eigenvalue weighted by Gasteiger charge is 2.17. The highest BCUT2D eigenvalue weighted by molar-refractivity contribution is 6.62. The van der Waals surface area contributed by atoms with E-state index in [4.69, 9.17) is 0 Å². The number of phenolic OH excluding ortho intramolecular Hbond substituents is 1. The first-order valence-corrected chi connectivity index (χ1v) is 5.24. The largest absolute Gasteiger partial charge is 0.508 e. The third-order valence-corrected chi connectivity index (χ3v) is 2.74. The van der Waals surface area contributed by atoms with Gasteiger partial charge in [0, 0.05) is 0 Å². The average molecular weight is 216 g/mol.